The van der Waals surface area contributed by atoms with Crippen LogP contribution in [-0.4, -0.2) is 12.1 Å². The third-order valence-electron chi connectivity index (χ3n) is 1.40. The van der Waals surface area contributed by atoms with Gasteiger partial charge >= 0.3 is 0 Å². The lowest BCUT2D eigenvalue weighted by atomic mass is 10.3. The van der Waals surface area contributed by atoms with E-state index in [0.717, 1.165) is 6.07 Å². The summed E-state index contributed by atoms with van der Waals surface area (Å²) in [6.07, 6.45) is -2.76. The van der Waals surface area contributed by atoms with Crippen LogP contribution in [0, 0.1) is 0 Å². The second-order valence-electron chi connectivity index (χ2n) is 2.23. The Morgan fingerprint density at radius 1 is 1.62 bits per heavy atom. The lowest BCUT2D eigenvalue weighted by molar-refractivity contribution is 0.141. The molecule has 0 aliphatic carbocycles. The molecule has 3 nitrogen and oxygen atoms in total. The van der Waals surface area contributed by atoms with Gasteiger partial charge in [0.25, 0.3) is 6.43 Å². The number of halogens is 3. The largest absolute Gasteiger partial charge is 0.494 e. The number of ether oxygens (including phenoxy) is 1. The zero-order chi connectivity index (χ0) is 10.0. The van der Waals surface area contributed by atoms with Gasteiger partial charge in [0, 0.05) is 6.07 Å². The first kappa shape index (κ1) is 10.2. The van der Waals surface area contributed by atoms with Crippen molar-refractivity contribution in [1.29, 1.82) is 0 Å². The molecule has 1 rings (SSSR count). The molecular weight excluding hydrogens is 248 g/mol. The lowest BCUT2D eigenvalue weighted by Gasteiger charge is -2.08. The van der Waals surface area contributed by atoms with Crippen LogP contribution in [0.5, 0.6) is 5.75 Å². The zero-order valence-corrected chi connectivity index (χ0v) is 8.19. The van der Waals surface area contributed by atoms with Gasteiger partial charge in [-0.05, 0) is 15.9 Å². The second-order valence-corrected chi connectivity index (χ2v) is 3.08. The molecule has 0 spiro atoms. The minimum absolute atomic E-state index is 0.0467. The topological polar surface area (TPSA) is 42.1 Å². The summed E-state index contributed by atoms with van der Waals surface area (Å²) in [5.74, 6) is -0.0467. The van der Waals surface area contributed by atoms with Gasteiger partial charge in [-0.15, -0.1) is 0 Å². The van der Waals surface area contributed by atoms with E-state index in [2.05, 4.69) is 15.9 Å². The van der Waals surface area contributed by atoms with E-state index in [1.165, 1.54) is 7.11 Å². The van der Waals surface area contributed by atoms with E-state index < -0.39 is 17.7 Å². The molecule has 0 aliphatic heterocycles. The molecule has 0 bridgehead atoms. The summed E-state index contributed by atoms with van der Waals surface area (Å²) < 4.78 is 29.5. The van der Waals surface area contributed by atoms with Crippen LogP contribution in [0.4, 0.5) is 8.78 Å². The van der Waals surface area contributed by atoms with Crippen molar-refractivity contribution in [2.45, 2.75) is 6.43 Å². The Labute approximate surface area is 80.9 Å². The van der Waals surface area contributed by atoms with E-state index in [-0.39, 0.29) is 10.2 Å². The Hall–Kier alpha value is -0.910. The molecule has 0 unspecified atom stereocenters. The quantitative estimate of drug-likeness (QED) is 0.877. The molecule has 0 aliphatic rings. The van der Waals surface area contributed by atoms with Gasteiger partial charge in [-0.3, -0.25) is 4.79 Å². The number of nitrogens with one attached hydrogen (secondary N) is 1. The van der Waals surface area contributed by atoms with Crippen LogP contribution >= 0.6 is 15.9 Å². The van der Waals surface area contributed by atoms with E-state index in [1.54, 1.807) is 0 Å². The minimum Gasteiger partial charge on any atom is -0.494 e. The average molecular weight is 254 g/mol. The molecule has 0 atom stereocenters. The van der Waals surface area contributed by atoms with Crippen LogP contribution in [0.3, 0.4) is 0 Å². The number of hydrogen-bond acceptors (Lipinski definition) is 2. The predicted octanol–water partition coefficient (Wildman–Crippen LogP) is 2.08. The van der Waals surface area contributed by atoms with Gasteiger partial charge in [0.2, 0.25) is 5.56 Å². The molecule has 6 heteroatoms. The molecule has 0 amide bonds. The molecular formula is C7H6BrF2NO2. The van der Waals surface area contributed by atoms with Crippen LogP contribution in [0.2, 0.25) is 0 Å². The number of alkyl halides is 2. The summed E-state index contributed by atoms with van der Waals surface area (Å²) in [5.41, 5.74) is -1.11. The van der Waals surface area contributed by atoms with Crippen molar-refractivity contribution in [3.63, 3.8) is 0 Å². The number of rotatable bonds is 2. The molecule has 13 heavy (non-hydrogen) atoms. The normalized spacial score (nSPS) is 10.5. The van der Waals surface area contributed by atoms with E-state index in [1.807, 2.05) is 4.98 Å². The summed E-state index contributed by atoms with van der Waals surface area (Å²) in [6, 6.07) is 1.13. The first-order chi connectivity index (χ1) is 6.06. The molecule has 0 fully saturated rings. The van der Waals surface area contributed by atoms with Crippen LogP contribution in [0.25, 0.3) is 0 Å². The van der Waals surface area contributed by atoms with Crippen LogP contribution in [0.15, 0.2) is 15.3 Å². The van der Waals surface area contributed by atoms with Gasteiger partial charge in [0.1, 0.15) is 5.69 Å². The van der Waals surface area contributed by atoms with Gasteiger partial charge in [0.15, 0.2) is 5.75 Å². The second kappa shape index (κ2) is 3.87. The zero-order valence-electron chi connectivity index (χ0n) is 6.61. The van der Waals surface area contributed by atoms with Gasteiger partial charge in [0.05, 0.1) is 11.6 Å². The Morgan fingerprint density at radius 2 is 2.23 bits per heavy atom. The SMILES string of the molecule is COc1c(Br)cc(=O)[nH]c1C(F)F. The summed E-state index contributed by atoms with van der Waals surface area (Å²) >= 11 is 2.95. The summed E-state index contributed by atoms with van der Waals surface area (Å²) in [5, 5.41) is 0. The summed E-state index contributed by atoms with van der Waals surface area (Å²) in [7, 11) is 1.25. The highest BCUT2D eigenvalue weighted by molar-refractivity contribution is 9.10. The van der Waals surface area contributed by atoms with Gasteiger partial charge in [-0.25, -0.2) is 8.78 Å². The highest BCUT2D eigenvalue weighted by Crippen LogP contribution is 2.31. The predicted molar refractivity (Wildman–Crippen MR) is 46.3 cm³/mol. The van der Waals surface area contributed by atoms with Crippen molar-refractivity contribution in [2.75, 3.05) is 7.11 Å². The van der Waals surface area contributed by atoms with Crippen LogP contribution < -0.4 is 10.3 Å². The molecule has 1 heterocycles. The fraction of sp³-hybridized carbons (Fsp3) is 0.286. The fourth-order valence-electron chi connectivity index (χ4n) is 0.896. The lowest BCUT2D eigenvalue weighted by Crippen LogP contribution is -2.10. The third-order valence-corrected chi connectivity index (χ3v) is 1.99. The highest BCUT2D eigenvalue weighted by atomic mass is 79.9. The van der Waals surface area contributed by atoms with Gasteiger partial charge in [-0.2, -0.15) is 0 Å². The number of aromatic amines is 1. The Morgan fingerprint density at radius 3 is 2.69 bits per heavy atom. The van der Waals surface area contributed by atoms with Crippen LogP contribution in [0.1, 0.15) is 12.1 Å². The molecule has 1 N–H and O–H groups in total. The summed E-state index contributed by atoms with van der Waals surface area (Å²) in [6.45, 7) is 0. The molecule has 0 saturated heterocycles. The van der Waals surface area contributed by atoms with E-state index in [4.69, 9.17) is 4.74 Å². The average Bonchev–Trinajstić information content (AvgIpc) is 2.02. The van der Waals surface area contributed by atoms with Crippen molar-refractivity contribution in [2.24, 2.45) is 0 Å². The molecule has 0 aromatic carbocycles. The van der Waals surface area contributed by atoms with Crippen molar-refractivity contribution >= 4 is 15.9 Å². The Kier molecular flexibility index (Phi) is 3.02. The van der Waals surface area contributed by atoms with E-state index in [0.29, 0.717) is 0 Å². The van der Waals surface area contributed by atoms with Crippen molar-refractivity contribution in [3.05, 3.63) is 26.6 Å². The van der Waals surface area contributed by atoms with Crippen LogP contribution in [-0.2, 0) is 0 Å². The Bertz CT molecular complexity index is 364. The smallest absolute Gasteiger partial charge is 0.282 e. The maximum Gasteiger partial charge on any atom is 0.282 e. The summed E-state index contributed by atoms with van der Waals surface area (Å²) in [4.78, 5) is 12.8. The number of methoxy groups -OCH3 is 1. The minimum atomic E-state index is -2.76. The molecule has 72 valence electrons. The van der Waals surface area contributed by atoms with Crippen molar-refractivity contribution < 1.29 is 13.5 Å². The standard InChI is InChI=1S/C7H6BrF2NO2/c1-13-6-3(8)2-4(12)11-5(6)7(9)10/h2,7H,1H3,(H,11,12). The number of hydrogen-bond donors (Lipinski definition) is 1. The maximum atomic E-state index is 12.3. The Balaban J connectivity index is 3.38. The monoisotopic (exact) mass is 253 g/mol. The van der Waals surface area contributed by atoms with Crippen molar-refractivity contribution in [1.82, 2.24) is 4.98 Å². The molecule has 1 aromatic heterocycles. The van der Waals surface area contributed by atoms with E-state index >= 15 is 0 Å². The molecule has 1 aromatic rings. The third kappa shape index (κ3) is 2.06. The number of aromatic nitrogens is 1. The maximum absolute atomic E-state index is 12.3. The molecule has 0 radical (unpaired) electrons. The fourth-order valence-corrected chi connectivity index (χ4v) is 1.48. The van der Waals surface area contributed by atoms with Gasteiger partial charge < -0.3 is 9.72 Å². The molecule has 0 saturated carbocycles. The van der Waals surface area contributed by atoms with Gasteiger partial charge in [-0.1, -0.05) is 0 Å². The highest BCUT2D eigenvalue weighted by Gasteiger charge is 2.17. The number of pyridine rings is 1. The number of H-pyrrole nitrogens is 1. The van der Waals surface area contributed by atoms with E-state index in [9.17, 15) is 13.6 Å². The first-order valence-electron chi connectivity index (χ1n) is 3.31. The van der Waals surface area contributed by atoms with Crippen molar-refractivity contribution in [3.8, 4) is 5.75 Å². The first-order valence-corrected chi connectivity index (χ1v) is 4.10.